The van der Waals surface area contributed by atoms with Crippen molar-refractivity contribution in [2.24, 2.45) is 23.7 Å². The van der Waals surface area contributed by atoms with Gasteiger partial charge >= 0.3 is 11.9 Å². The standard InChI is InChI=1S/C11H14O4/c1-5-3-6-4-7(5)9(11(14)15-2)8(6)10(12)13/h3,6-9H,4H2,1-2H3,(H,12,13). The second-order valence-corrected chi connectivity index (χ2v) is 4.33. The number of methoxy groups -OCH3 is 1. The molecule has 4 atom stereocenters. The predicted octanol–water partition coefficient (Wildman–Crippen LogP) is 1.07. The summed E-state index contributed by atoms with van der Waals surface area (Å²) in [5.41, 5.74) is 1.13. The molecule has 0 aliphatic heterocycles. The number of carbonyl (C=O) groups is 2. The number of esters is 1. The molecule has 82 valence electrons. The number of hydrogen-bond donors (Lipinski definition) is 1. The normalized spacial score (nSPS) is 37.6. The van der Waals surface area contributed by atoms with Crippen LogP contribution in [0.3, 0.4) is 0 Å². The maximum absolute atomic E-state index is 11.6. The summed E-state index contributed by atoms with van der Waals surface area (Å²) in [6.45, 7) is 1.96. The van der Waals surface area contributed by atoms with Crippen LogP contribution >= 0.6 is 0 Å². The molecule has 4 nitrogen and oxygen atoms in total. The molecule has 0 aromatic heterocycles. The summed E-state index contributed by atoms with van der Waals surface area (Å²) in [7, 11) is 1.31. The van der Waals surface area contributed by atoms with E-state index in [1.165, 1.54) is 7.11 Å². The van der Waals surface area contributed by atoms with Gasteiger partial charge in [0.05, 0.1) is 18.9 Å². The molecule has 0 aromatic carbocycles. The third-order valence-corrected chi connectivity index (χ3v) is 3.63. The number of ether oxygens (including phenoxy) is 1. The molecule has 1 fully saturated rings. The topological polar surface area (TPSA) is 63.6 Å². The van der Waals surface area contributed by atoms with Crippen LogP contribution < -0.4 is 0 Å². The first-order valence-electron chi connectivity index (χ1n) is 5.05. The summed E-state index contributed by atoms with van der Waals surface area (Å²) in [5, 5.41) is 9.10. The van der Waals surface area contributed by atoms with Crippen molar-refractivity contribution >= 4 is 11.9 Å². The van der Waals surface area contributed by atoms with Crippen molar-refractivity contribution in [1.29, 1.82) is 0 Å². The van der Waals surface area contributed by atoms with Crippen molar-refractivity contribution in [3.05, 3.63) is 11.6 Å². The molecular weight excluding hydrogens is 196 g/mol. The zero-order valence-corrected chi connectivity index (χ0v) is 8.77. The van der Waals surface area contributed by atoms with E-state index in [4.69, 9.17) is 5.11 Å². The smallest absolute Gasteiger partial charge is 0.310 e. The Morgan fingerprint density at radius 3 is 2.67 bits per heavy atom. The lowest BCUT2D eigenvalue weighted by molar-refractivity contribution is -0.156. The van der Waals surface area contributed by atoms with Crippen molar-refractivity contribution in [1.82, 2.24) is 0 Å². The van der Waals surface area contributed by atoms with Gasteiger partial charge in [0.15, 0.2) is 0 Å². The van der Waals surface area contributed by atoms with E-state index >= 15 is 0 Å². The van der Waals surface area contributed by atoms with Gasteiger partial charge in [-0.3, -0.25) is 9.59 Å². The molecule has 0 heterocycles. The highest BCUT2D eigenvalue weighted by Crippen LogP contribution is 2.51. The number of carboxylic acids is 1. The highest BCUT2D eigenvalue weighted by atomic mass is 16.5. The third kappa shape index (κ3) is 1.35. The molecule has 1 N–H and O–H groups in total. The van der Waals surface area contributed by atoms with Gasteiger partial charge in [-0.1, -0.05) is 11.6 Å². The number of allylic oxidation sites excluding steroid dienone is 2. The van der Waals surface area contributed by atoms with Gasteiger partial charge in [0.2, 0.25) is 0 Å². The lowest BCUT2D eigenvalue weighted by Crippen LogP contribution is -2.34. The molecule has 0 saturated heterocycles. The lowest BCUT2D eigenvalue weighted by atomic mass is 9.80. The summed E-state index contributed by atoms with van der Waals surface area (Å²) in [4.78, 5) is 22.6. The fourth-order valence-electron chi connectivity index (χ4n) is 2.99. The van der Waals surface area contributed by atoms with E-state index in [1.807, 2.05) is 13.0 Å². The Morgan fingerprint density at radius 2 is 2.13 bits per heavy atom. The second kappa shape index (κ2) is 3.36. The molecule has 0 radical (unpaired) electrons. The molecule has 1 saturated carbocycles. The van der Waals surface area contributed by atoms with E-state index in [2.05, 4.69) is 4.74 Å². The second-order valence-electron chi connectivity index (χ2n) is 4.33. The first-order valence-corrected chi connectivity index (χ1v) is 5.05. The Hall–Kier alpha value is -1.32. The molecule has 4 heteroatoms. The fraction of sp³-hybridized carbons (Fsp3) is 0.636. The molecule has 0 spiro atoms. The van der Waals surface area contributed by atoms with Crippen LogP contribution in [0.15, 0.2) is 11.6 Å². The molecule has 0 aromatic rings. The minimum absolute atomic E-state index is 0.0107. The fourth-order valence-corrected chi connectivity index (χ4v) is 2.99. The van der Waals surface area contributed by atoms with Crippen molar-refractivity contribution < 1.29 is 19.4 Å². The third-order valence-electron chi connectivity index (χ3n) is 3.63. The van der Waals surface area contributed by atoms with Gasteiger partial charge in [-0.25, -0.2) is 0 Å². The number of fused-ring (bicyclic) bond motifs is 2. The van der Waals surface area contributed by atoms with Gasteiger partial charge in [-0.05, 0) is 25.2 Å². The van der Waals surface area contributed by atoms with Gasteiger partial charge in [-0.2, -0.15) is 0 Å². The first-order chi connectivity index (χ1) is 7.06. The number of aliphatic carboxylic acids is 1. The van der Waals surface area contributed by atoms with Gasteiger partial charge < -0.3 is 9.84 Å². The number of carboxylic acid groups (broad SMARTS) is 1. The van der Waals surface area contributed by atoms with Crippen LogP contribution in [0.25, 0.3) is 0 Å². The molecular formula is C11H14O4. The number of carbonyl (C=O) groups excluding carboxylic acids is 1. The van der Waals surface area contributed by atoms with Crippen LogP contribution in [-0.4, -0.2) is 24.2 Å². The molecule has 2 bridgehead atoms. The Labute approximate surface area is 87.9 Å². The summed E-state index contributed by atoms with van der Waals surface area (Å²) < 4.78 is 4.69. The zero-order chi connectivity index (χ0) is 11.2. The Morgan fingerprint density at radius 1 is 1.47 bits per heavy atom. The van der Waals surface area contributed by atoms with Gasteiger partial charge in [0, 0.05) is 0 Å². The van der Waals surface area contributed by atoms with E-state index in [0.717, 1.165) is 12.0 Å². The molecule has 2 aliphatic rings. The summed E-state index contributed by atoms with van der Waals surface area (Å²) in [6, 6.07) is 0. The van der Waals surface area contributed by atoms with E-state index in [1.54, 1.807) is 0 Å². The van der Waals surface area contributed by atoms with E-state index < -0.39 is 17.8 Å². The monoisotopic (exact) mass is 210 g/mol. The molecule has 2 aliphatic carbocycles. The van der Waals surface area contributed by atoms with E-state index in [9.17, 15) is 9.59 Å². The summed E-state index contributed by atoms with van der Waals surface area (Å²) >= 11 is 0. The average molecular weight is 210 g/mol. The minimum Gasteiger partial charge on any atom is -0.481 e. The van der Waals surface area contributed by atoms with Crippen LogP contribution in [0.2, 0.25) is 0 Å². The average Bonchev–Trinajstić information content (AvgIpc) is 2.71. The summed E-state index contributed by atoms with van der Waals surface area (Å²) in [5.74, 6) is -2.27. The van der Waals surface area contributed by atoms with Crippen LogP contribution in [-0.2, 0) is 14.3 Å². The van der Waals surface area contributed by atoms with Gasteiger partial charge in [0.1, 0.15) is 0 Å². The molecule has 2 rings (SSSR count). The Bertz CT molecular complexity index is 344. The zero-order valence-electron chi connectivity index (χ0n) is 8.77. The molecule has 15 heavy (non-hydrogen) atoms. The van der Waals surface area contributed by atoms with Gasteiger partial charge in [0.25, 0.3) is 0 Å². The van der Waals surface area contributed by atoms with Crippen molar-refractivity contribution in [3.63, 3.8) is 0 Å². The van der Waals surface area contributed by atoms with Crippen LogP contribution in [0.5, 0.6) is 0 Å². The van der Waals surface area contributed by atoms with Crippen molar-refractivity contribution in [3.8, 4) is 0 Å². The highest BCUT2D eigenvalue weighted by Gasteiger charge is 2.54. The molecule has 4 unspecified atom stereocenters. The SMILES string of the molecule is COC(=O)C1C2CC(C=C2C)C1C(=O)O. The van der Waals surface area contributed by atoms with Crippen molar-refractivity contribution in [2.45, 2.75) is 13.3 Å². The first kappa shape index (κ1) is 10.2. The Balaban J connectivity index is 2.32. The summed E-state index contributed by atoms with van der Waals surface area (Å²) in [6.07, 6.45) is 2.77. The maximum Gasteiger partial charge on any atom is 0.310 e. The quantitative estimate of drug-likeness (QED) is 0.547. The minimum atomic E-state index is -0.887. The van der Waals surface area contributed by atoms with Crippen LogP contribution in [0.4, 0.5) is 0 Å². The lowest BCUT2D eigenvalue weighted by Gasteiger charge is -2.24. The van der Waals surface area contributed by atoms with Crippen LogP contribution in [0.1, 0.15) is 13.3 Å². The number of hydrogen-bond acceptors (Lipinski definition) is 3. The van der Waals surface area contributed by atoms with Crippen molar-refractivity contribution in [2.75, 3.05) is 7.11 Å². The van der Waals surface area contributed by atoms with E-state index in [-0.39, 0.29) is 17.8 Å². The largest absolute Gasteiger partial charge is 0.481 e. The predicted molar refractivity (Wildman–Crippen MR) is 52.0 cm³/mol. The highest BCUT2D eigenvalue weighted by molar-refractivity contribution is 5.83. The Kier molecular flexibility index (Phi) is 2.29. The van der Waals surface area contributed by atoms with Gasteiger partial charge in [-0.15, -0.1) is 0 Å². The molecule has 0 amide bonds. The van der Waals surface area contributed by atoms with Crippen LogP contribution in [0, 0.1) is 23.7 Å². The van der Waals surface area contributed by atoms with E-state index in [0.29, 0.717) is 0 Å². The maximum atomic E-state index is 11.6. The number of rotatable bonds is 2.